The molecule has 154 valence electrons. The molecule has 30 heavy (non-hydrogen) atoms. The Morgan fingerprint density at radius 2 is 1.93 bits per heavy atom. The number of carbonyl (C=O) groups is 1. The third kappa shape index (κ3) is 4.22. The van der Waals surface area contributed by atoms with E-state index in [4.69, 9.17) is 4.74 Å². The molecule has 4 rings (SSSR count). The van der Waals surface area contributed by atoms with Crippen LogP contribution in [0.2, 0.25) is 0 Å². The van der Waals surface area contributed by atoms with Crippen LogP contribution in [-0.4, -0.2) is 27.2 Å². The van der Waals surface area contributed by atoms with Gasteiger partial charge in [-0.2, -0.15) is 5.10 Å². The van der Waals surface area contributed by atoms with Gasteiger partial charge < -0.3 is 15.0 Å². The molecule has 4 aromatic rings. The lowest BCUT2D eigenvalue weighted by atomic mass is 10.1. The summed E-state index contributed by atoms with van der Waals surface area (Å²) in [7, 11) is 1.94. The molecule has 0 aliphatic heterocycles. The third-order valence-corrected chi connectivity index (χ3v) is 5.41. The molecule has 2 heterocycles. The van der Waals surface area contributed by atoms with Gasteiger partial charge >= 0.3 is 0 Å². The molecule has 0 fully saturated rings. The van der Waals surface area contributed by atoms with Crippen molar-refractivity contribution in [2.75, 3.05) is 6.54 Å². The molecule has 6 nitrogen and oxygen atoms in total. The molecule has 0 aliphatic rings. The molecule has 0 bridgehead atoms. The maximum absolute atomic E-state index is 12.6. The van der Waals surface area contributed by atoms with Crippen molar-refractivity contribution >= 4 is 16.8 Å². The Kier molecular flexibility index (Phi) is 5.57. The Morgan fingerprint density at radius 1 is 1.13 bits per heavy atom. The molecule has 0 unspecified atom stereocenters. The Hall–Kier alpha value is -3.54. The minimum absolute atomic E-state index is 0.114. The average molecular weight is 402 g/mol. The summed E-state index contributed by atoms with van der Waals surface area (Å²) in [5.41, 5.74) is 5.88. The second kappa shape index (κ2) is 8.45. The van der Waals surface area contributed by atoms with Gasteiger partial charge in [0.25, 0.3) is 5.91 Å². The number of nitrogens with one attached hydrogen (secondary N) is 2. The number of hydrogen-bond donors (Lipinski definition) is 2. The summed E-state index contributed by atoms with van der Waals surface area (Å²) in [6, 6.07) is 17.7. The van der Waals surface area contributed by atoms with Gasteiger partial charge in [0, 0.05) is 36.3 Å². The van der Waals surface area contributed by atoms with E-state index in [9.17, 15) is 4.79 Å². The summed E-state index contributed by atoms with van der Waals surface area (Å²) < 4.78 is 7.76. The van der Waals surface area contributed by atoms with E-state index >= 15 is 0 Å². The van der Waals surface area contributed by atoms with Crippen molar-refractivity contribution in [1.82, 2.24) is 20.1 Å². The number of amides is 1. The quantitative estimate of drug-likeness (QED) is 0.489. The number of nitrogens with zero attached hydrogens (tertiary/aromatic N) is 2. The van der Waals surface area contributed by atoms with Gasteiger partial charge in [-0.1, -0.05) is 30.3 Å². The van der Waals surface area contributed by atoms with Gasteiger partial charge in [0.1, 0.15) is 18.1 Å². The maximum atomic E-state index is 12.6. The highest BCUT2D eigenvalue weighted by atomic mass is 16.5. The van der Waals surface area contributed by atoms with Crippen LogP contribution in [0.1, 0.15) is 33.0 Å². The first kappa shape index (κ1) is 19.8. The Balaban J connectivity index is 1.38. The highest BCUT2D eigenvalue weighted by Crippen LogP contribution is 2.22. The maximum Gasteiger partial charge on any atom is 0.267 e. The Labute approximate surface area is 175 Å². The van der Waals surface area contributed by atoms with Crippen molar-refractivity contribution in [2.24, 2.45) is 7.05 Å². The fourth-order valence-electron chi connectivity index (χ4n) is 3.63. The summed E-state index contributed by atoms with van der Waals surface area (Å²) in [6.45, 7) is 5.12. The number of hydrogen-bond acceptors (Lipinski definition) is 3. The van der Waals surface area contributed by atoms with Crippen LogP contribution in [0.5, 0.6) is 5.75 Å². The van der Waals surface area contributed by atoms with E-state index in [0.29, 0.717) is 18.8 Å². The number of aromatic nitrogens is 3. The molecule has 0 saturated heterocycles. The average Bonchev–Trinajstić information content (AvgIpc) is 3.28. The van der Waals surface area contributed by atoms with Crippen LogP contribution in [-0.2, 0) is 20.1 Å². The molecule has 2 aromatic heterocycles. The molecule has 0 radical (unpaired) electrons. The second-order valence-corrected chi connectivity index (χ2v) is 7.49. The fourth-order valence-corrected chi connectivity index (χ4v) is 3.63. The van der Waals surface area contributed by atoms with Crippen molar-refractivity contribution in [3.63, 3.8) is 0 Å². The van der Waals surface area contributed by atoms with Crippen molar-refractivity contribution in [3.8, 4) is 5.75 Å². The van der Waals surface area contributed by atoms with Crippen LogP contribution in [0, 0.1) is 13.8 Å². The molecular formula is C24H26N4O2. The second-order valence-electron chi connectivity index (χ2n) is 7.49. The van der Waals surface area contributed by atoms with Gasteiger partial charge in [0.2, 0.25) is 0 Å². The molecule has 1 amide bonds. The van der Waals surface area contributed by atoms with Crippen molar-refractivity contribution in [2.45, 2.75) is 26.9 Å². The van der Waals surface area contributed by atoms with E-state index in [-0.39, 0.29) is 5.91 Å². The van der Waals surface area contributed by atoms with Crippen molar-refractivity contribution in [3.05, 3.63) is 82.8 Å². The molecule has 2 aromatic carbocycles. The number of rotatable bonds is 7. The fraction of sp³-hybridized carbons (Fsp3) is 0.250. The predicted octanol–water partition coefficient (Wildman–Crippen LogP) is 4.07. The lowest BCUT2D eigenvalue weighted by Gasteiger charge is -2.06. The van der Waals surface area contributed by atoms with Crippen molar-refractivity contribution in [1.29, 1.82) is 0 Å². The molecular weight excluding hydrogens is 376 g/mol. The van der Waals surface area contributed by atoms with Gasteiger partial charge in [-0.05, 0) is 49.6 Å². The molecule has 0 atom stereocenters. The van der Waals surface area contributed by atoms with Gasteiger partial charge in [0.15, 0.2) is 0 Å². The van der Waals surface area contributed by atoms with Crippen LogP contribution in [0.3, 0.4) is 0 Å². The number of carbonyl (C=O) groups excluding carboxylic acids is 1. The first-order valence-corrected chi connectivity index (χ1v) is 10.1. The topological polar surface area (TPSA) is 71.9 Å². The van der Waals surface area contributed by atoms with Crippen LogP contribution < -0.4 is 10.1 Å². The molecule has 0 aliphatic carbocycles. The monoisotopic (exact) mass is 402 g/mol. The van der Waals surface area contributed by atoms with Gasteiger partial charge in [0.05, 0.1) is 5.69 Å². The lowest BCUT2D eigenvalue weighted by molar-refractivity contribution is 0.0950. The third-order valence-electron chi connectivity index (χ3n) is 5.41. The van der Waals surface area contributed by atoms with Crippen LogP contribution in [0.25, 0.3) is 10.9 Å². The van der Waals surface area contributed by atoms with E-state index in [1.807, 2.05) is 80.2 Å². The van der Waals surface area contributed by atoms with E-state index in [0.717, 1.165) is 40.0 Å². The van der Waals surface area contributed by atoms with E-state index in [2.05, 4.69) is 15.4 Å². The Bertz CT molecular complexity index is 1170. The summed E-state index contributed by atoms with van der Waals surface area (Å²) in [4.78, 5) is 15.8. The zero-order chi connectivity index (χ0) is 21.1. The molecule has 0 saturated carbocycles. The SMILES string of the molecule is Cc1nn(C)c(C)c1CCNC(=O)c1cc2ccc(OCc3ccccc3)cc2[nH]1. The highest BCUT2D eigenvalue weighted by molar-refractivity contribution is 5.98. The normalized spacial score (nSPS) is 11.0. The van der Waals surface area contributed by atoms with E-state index < -0.39 is 0 Å². The zero-order valence-corrected chi connectivity index (χ0v) is 17.5. The van der Waals surface area contributed by atoms with Crippen LogP contribution in [0.4, 0.5) is 0 Å². The first-order valence-electron chi connectivity index (χ1n) is 10.1. The number of H-pyrrole nitrogens is 1. The summed E-state index contributed by atoms with van der Waals surface area (Å²) in [5, 5.41) is 8.40. The number of aromatic amines is 1. The van der Waals surface area contributed by atoms with Crippen molar-refractivity contribution < 1.29 is 9.53 Å². The number of benzene rings is 2. The molecule has 0 spiro atoms. The smallest absolute Gasteiger partial charge is 0.267 e. The van der Waals surface area contributed by atoms with Gasteiger partial charge in [-0.15, -0.1) is 0 Å². The highest BCUT2D eigenvalue weighted by Gasteiger charge is 2.12. The number of aryl methyl sites for hydroxylation is 2. The largest absolute Gasteiger partial charge is 0.489 e. The van der Waals surface area contributed by atoms with Gasteiger partial charge in [-0.25, -0.2) is 0 Å². The van der Waals surface area contributed by atoms with Crippen LogP contribution in [0.15, 0.2) is 54.6 Å². The number of fused-ring (bicyclic) bond motifs is 1. The summed E-state index contributed by atoms with van der Waals surface area (Å²) in [5.74, 6) is 0.653. The van der Waals surface area contributed by atoms with Gasteiger partial charge in [-0.3, -0.25) is 9.48 Å². The summed E-state index contributed by atoms with van der Waals surface area (Å²) >= 11 is 0. The molecule has 6 heteroatoms. The Morgan fingerprint density at radius 3 is 2.67 bits per heavy atom. The standard InChI is InChI=1S/C24H26N4O2/c1-16-21(17(2)28(3)27-16)11-12-25-24(29)23-13-19-9-10-20(14-22(19)26-23)30-15-18-7-5-4-6-8-18/h4-10,13-14,26H,11-12,15H2,1-3H3,(H,25,29). The van der Waals surface area contributed by atoms with Crippen LogP contribution >= 0.6 is 0 Å². The minimum Gasteiger partial charge on any atom is -0.489 e. The minimum atomic E-state index is -0.114. The number of ether oxygens (including phenoxy) is 1. The first-order chi connectivity index (χ1) is 14.5. The van der Waals surface area contributed by atoms with E-state index in [1.165, 1.54) is 5.56 Å². The molecule has 2 N–H and O–H groups in total. The summed E-state index contributed by atoms with van der Waals surface area (Å²) in [6.07, 6.45) is 0.759. The zero-order valence-electron chi connectivity index (χ0n) is 17.5. The predicted molar refractivity (Wildman–Crippen MR) is 118 cm³/mol. The lowest BCUT2D eigenvalue weighted by Crippen LogP contribution is -2.26. The van der Waals surface area contributed by atoms with E-state index in [1.54, 1.807) is 0 Å².